The minimum absolute atomic E-state index is 0.0214. The van der Waals surface area contributed by atoms with Gasteiger partial charge in [-0.2, -0.15) is 0 Å². The number of nitrogens with one attached hydrogen (secondary N) is 1. The smallest absolute Gasteiger partial charge is 0.276 e. The van der Waals surface area contributed by atoms with Crippen molar-refractivity contribution in [2.24, 2.45) is 0 Å². The minimum Gasteiger partial charge on any atom is -0.351 e. The van der Waals surface area contributed by atoms with E-state index in [1.165, 1.54) is 18.2 Å². The van der Waals surface area contributed by atoms with E-state index in [9.17, 15) is 14.9 Å². The van der Waals surface area contributed by atoms with Crippen LogP contribution in [0.4, 0.5) is 5.69 Å². The largest absolute Gasteiger partial charge is 0.351 e. The monoisotopic (exact) mass is 367 g/mol. The van der Waals surface area contributed by atoms with Crippen molar-refractivity contribution in [1.82, 2.24) is 10.2 Å². The zero-order valence-electron chi connectivity index (χ0n) is 15.7. The Balaban J connectivity index is 2.07. The molecule has 6 nitrogen and oxygen atoms in total. The molecule has 0 saturated carbocycles. The van der Waals surface area contributed by atoms with Gasteiger partial charge in [-0.3, -0.25) is 19.8 Å². The van der Waals surface area contributed by atoms with Gasteiger partial charge in [-0.1, -0.05) is 56.3 Å². The first-order valence-electron chi connectivity index (χ1n) is 9.05. The van der Waals surface area contributed by atoms with E-state index >= 15 is 0 Å². The second-order valence-corrected chi connectivity index (χ2v) is 6.04. The molecule has 1 atom stereocenters. The van der Waals surface area contributed by atoms with Crippen LogP contribution in [0.25, 0.3) is 6.08 Å². The third kappa shape index (κ3) is 5.76. The van der Waals surface area contributed by atoms with E-state index in [4.69, 9.17) is 0 Å². The maximum atomic E-state index is 12.2. The fourth-order valence-corrected chi connectivity index (χ4v) is 3.01. The molecule has 1 amide bonds. The van der Waals surface area contributed by atoms with Gasteiger partial charge in [-0.05, 0) is 30.8 Å². The summed E-state index contributed by atoms with van der Waals surface area (Å²) in [6.07, 6.45) is 2.81. The second kappa shape index (κ2) is 10.2. The van der Waals surface area contributed by atoms with Gasteiger partial charge in [0.05, 0.1) is 16.5 Å². The van der Waals surface area contributed by atoms with Crippen LogP contribution in [0.2, 0.25) is 0 Å². The summed E-state index contributed by atoms with van der Waals surface area (Å²) in [5.41, 5.74) is 1.53. The summed E-state index contributed by atoms with van der Waals surface area (Å²) < 4.78 is 0. The van der Waals surface area contributed by atoms with Crippen LogP contribution < -0.4 is 5.32 Å². The van der Waals surface area contributed by atoms with Gasteiger partial charge in [0.25, 0.3) is 5.69 Å². The number of carbonyl (C=O) groups is 1. The molecule has 27 heavy (non-hydrogen) atoms. The van der Waals surface area contributed by atoms with Gasteiger partial charge in [0, 0.05) is 18.7 Å². The van der Waals surface area contributed by atoms with Crippen LogP contribution in [0.15, 0.2) is 60.7 Å². The lowest BCUT2D eigenvalue weighted by Gasteiger charge is -2.30. The van der Waals surface area contributed by atoms with Gasteiger partial charge in [0.1, 0.15) is 0 Å². The third-order valence-corrected chi connectivity index (χ3v) is 4.45. The Bertz CT molecular complexity index is 786. The van der Waals surface area contributed by atoms with Crippen LogP contribution in [-0.2, 0) is 4.79 Å². The average molecular weight is 367 g/mol. The molecule has 0 spiro atoms. The van der Waals surface area contributed by atoms with Crippen LogP contribution in [0.5, 0.6) is 0 Å². The number of nitro groups is 1. The molecular weight excluding hydrogens is 342 g/mol. The zero-order chi connectivity index (χ0) is 19.6. The van der Waals surface area contributed by atoms with Crippen molar-refractivity contribution < 1.29 is 9.72 Å². The first-order chi connectivity index (χ1) is 13.1. The molecule has 0 saturated heterocycles. The van der Waals surface area contributed by atoms with E-state index in [2.05, 4.69) is 36.2 Å². The van der Waals surface area contributed by atoms with Gasteiger partial charge in [0.2, 0.25) is 5.91 Å². The van der Waals surface area contributed by atoms with Crippen molar-refractivity contribution >= 4 is 17.7 Å². The molecule has 0 radical (unpaired) electrons. The van der Waals surface area contributed by atoms with Crippen LogP contribution >= 0.6 is 0 Å². The number of nitrogens with zero attached hydrogens (tertiary/aromatic N) is 2. The van der Waals surface area contributed by atoms with Crippen molar-refractivity contribution in [3.63, 3.8) is 0 Å². The lowest BCUT2D eigenvalue weighted by Crippen LogP contribution is -2.37. The van der Waals surface area contributed by atoms with Gasteiger partial charge in [-0.25, -0.2) is 0 Å². The van der Waals surface area contributed by atoms with Gasteiger partial charge < -0.3 is 5.32 Å². The van der Waals surface area contributed by atoms with Crippen LogP contribution in [0.3, 0.4) is 0 Å². The summed E-state index contributed by atoms with van der Waals surface area (Å²) in [6, 6.07) is 16.5. The van der Waals surface area contributed by atoms with E-state index in [0.29, 0.717) is 12.1 Å². The first kappa shape index (κ1) is 20.3. The SMILES string of the molecule is CCN(CC)[C@@H](CNC(=O)/C=C/c1ccccc1[N+](=O)[O-])c1ccccc1. The fraction of sp³-hybridized carbons (Fsp3) is 0.286. The fourth-order valence-electron chi connectivity index (χ4n) is 3.01. The summed E-state index contributed by atoms with van der Waals surface area (Å²) >= 11 is 0. The minimum atomic E-state index is -0.455. The van der Waals surface area contributed by atoms with Crippen LogP contribution in [0, 0.1) is 10.1 Å². The van der Waals surface area contributed by atoms with Crippen molar-refractivity contribution in [3.8, 4) is 0 Å². The molecule has 1 N–H and O–H groups in total. The summed E-state index contributed by atoms with van der Waals surface area (Å²) in [4.78, 5) is 25.1. The predicted octanol–water partition coefficient (Wildman–Crippen LogP) is 3.81. The molecule has 2 rings (SSSR count). The van der Waals surface area contributed by atoms with Gasteiger partial charge in [0.15, 0.2) is 0 Å². The molecule has 0 aliphatic carbocycles. The normalized spacial score (nSPS) is 12.3. The molecule has 2 aromatic carbocycles. The van der Waals surface area contributed by atoms with Crippen molar-refractivity contribution in [1.29, 1.82) is 0 Å². The quantitative estimate of drug-likeness (QED) is 0.415. The Morgan fingerprint density at radius 1 is 1.11 bits per heavy atom. The Morgan fingerprint density at radius 2 is 1.74 bits per heavy atom. The van der Waals surface area contributed by atoms with E-state index in [-0.39, 0.29) is 17.6 Å². The van der Waals surface area contributed by atoms with Crippen LogP contribution in [0.1, 0.15) is 31.0 Å². The first-order valence-corrected chi connectivity index (χ1v) is 9.05. The van der Waals surface area contributed by atoms with E-state index in [0.717, 1.165) is 18.7 Å². The molecule has 0 bridgehead atoms. The Labute approximate surface area is 159 Å². The maximum Gasteiger partial charge on any atom is 0.276 e. The number of carbonyl (C=O) groups excluding carboxylic acids is 1. The summed E-state index contributed by atoms with van der Waals surface area (Å²) in [5, 5.41) is 14.0. The molecular formula is C21H25N3O3. The molecule has 2 aromatic rings. The maximum absolute atomic E-state index is 12.2. The Hall–Kier alpha value is -2.99. The summed E-state index contributed by atoms with van der Waals surface area (Å²) in [5.74, 6) is -0.277. The number of hydrogen-bond donors (Lipinski definition) is 1. The predicted molar refractivity (Wildman–Crippen MR) is 107 cm³/mol. The number of hydrogen-bond acceptors (Lipinski definition) is 4. The standard InChI is InChI=1S/C21H25N3O3/c1-3-23(4-2)20(17-10-6-5-7-11-17)16-22-21(25)15-14-18-12-8-9-13-19(18)24(26)27/h5-15,20H,3-4,16H2,1-2H3,(H,22,25)/b15-14+/t20-/m0/s1. The summed E-state index contributed by atoms with van der Waals surface area (Å²) in [6.45, 7) is 6.40. The lowest BCUT2D eigenvalue weighted by molar-refractivity contribution is -0.385. The summed E-state index contributed by atoms with van der Waals surface area (Å²) in [7, 11) is 0. The Morgan fingerprint density at radius 3 is 2.37 bits per heavy atom. The molecule has 0 unspecified atom stereocenters. The molecule has 0 heterocycles. The molecule has 0 aliphatic rings. The molecule has 6 heteroatoms. The number of amides is 1. The highest BCUT2D eigenvalue weighted by molar-refractivity contribution is 5.92. The second-order valence-electron chi connectivity index (χ2n) is 6.04. The van der Waals surface area contributed by atoms with Gasteiger partial charge in [-0.15, -0.1) is 0 Å². The highest BCUT2D eigenvalue weighted by atomic mass is 16.6. The average Bonchev–Trinajstić information content (AvgIpc) is 2.70. The molecule has 0 aliphatic heterocycles. The number of rotatable bonds is 9. The van der Waals surface area contributed by atoms with Crippen LogP contribution in [-0.4, -0.2) is 35.4 Å². The highest BCUT2D eigenvalue weighted by Crippen LogP contribution is 2.20. The number of likely N-dealkylation sites (N-methyl/N-ethyl adjacent to an activating group) is 1. The lowest BCUT2D eigenvalue weighted by atomic mass is 10.1. The molecule has 142 valence electrons. The third-order valence-electron chi connectivity index (χ3n) is 4.45. The zero-order valence-corrected chi connectivity index (χ0v) is 15.7. The Kier molecular flexibility index (Phi) is 7.70. The van der Waals surface area contributed by atoms with Gasteiger partial charge >= 0.3 is 0 Å². The van der Waals surface area contributed by atoms with E-state index in [1.807, 2.05) is 18.2 Å². The molecule has 0 fully saturated rings. The van der Waals surface area contributed by atoms with E-state index in [1.54, 1.807) is 18.2 Å². The number of para-hydroxylation sites is 1. The molecule has 0 aromatic heterocycles. The van der Waals surface area contributed by atoms with E-state index < -0.39 is 4.92 Å². The van der Waals surface area contributed by atoms with Crippen molar-refractivity contribution in [2.45, 2.75) is 19.9 Å². The number of nitro benzene ring substituents is 1. The van der Waals surface area contributed by atoms with Crippen molar-refractivity contribution in [3.05, 3.63) is 81.9 Å². The number of benzene rings is 2. The van der Waals surface area contributed by atoms with Crippen molar-refractivity contribution in [2.75, 3.05) is 19.6 Å². The topological polar surface area (TPSA) is 75.5 Å². The highest BCUT2D eigenvalue weighted by Gasteiger charge is 2.18.